The van der Waals surface area contributed by atoms with E-state index in [1.165, 1.54) is 31.4 Å². The number of sulfonamides is 1. The van der Waals surface area contributed by atoms with Gasteiger partial charge in [0, 0.05) is 23.0 Å². The first-order valence-corrected chi connectivity index (χ1v) is 10.2. The third-order valence-corrected chi connectivity index (χ3v) is 5.58. The number of nitro benzene ring substituents is 1. The van der Waals surface area contributed by atoms with E-state index >= 15 is 0 Å². The van der Waals surface area contributed by atoms with Crippen molar-refractivity contribution >= 4 is 33.0 Å². The normalized spacial score (nSPS) is 10.9. The molecular weight excluding hydrogens is 426 g/mol. The van der Waals surface area contributed by atoms with Gasteiger partial charge in [-0.2, -0.15) is 0 Å². The number of aromatic hydroxyl groups is 1. The SMILES string of the molecule is COc1ccc(NC(=O)c2ccc(NS(=O)(=O)c3ccc(O)c([N+](=O)[O-])c3)cc2)cc1. The zero-order valence-corrected chi connectivity index (χ0v) is 16.9. The Bertz CT molecular complexity index is 1220. The molecule has 0 saturated carbocycles. The molecule has 3 rings (SSSR count). The summed E-state index contributed by atoms with van der Waals surface area (Å²) in [6.45, 7) is 0. The Kier molecular flexibility index (Phi) is 6.07. The fourth-order valence-electron chi connectivity index (χ4n) is 2.60. The van der Waals surface area contributed by atoms with E-state index in [0.717, 1.165) is 18.2 Å². The van der Waals surface area contributed by atoms with Crippen LogP contribution in [0.15, 0.2) is 71.6 Å². The summed E-state index contributed by atoms with van der Waals surface area (Å²) in [4.78, 5) is 22.0. The van der Waals surface area contributed by atoms with Gasteiger partial charge in [-0.05, 0) is 60.7 Å². The van der Waals surface area contributed by atoms with Gasteiger partial charge in [0.2, 0.25) is 0 Å². The second kappa shape index (κ2) is 8.71. The standard InChI is InChI=1S/C20H17N3O7S/c1-30-16-8-6-14(7-9-16)21-20(25)13-2-4-15(5-3-13)22-31(28,29)17-10-11-19(24)18(12-17)23(26)27/h2-12,22,24H,1H3,(H,21,25). The van der Waals surface area contributed by atoms with E-state index in [1.54, 1.807) is 24.3 Å². The van der Waals surface area contributed by atoms with Crippen molar-refractivity contribution in [3.8, 4) is 11.5 Å². The van der Waals surface area contributed by atoms with Crippen molar-refractivity contribution < 1.29 is 28.0 Å². The largest absolute Gasteiger partial charge is 0.502 e. The molecule has 31 heavy (non-hydrogen) atoms. The molecule has 0 saturated heterocycles. The van der Waals surface area contributed by atoms with Gasteiger partial charge in [-0.25, -0.2) is 8.42 Å². The molecule has 0 radical (unpaired) electrons. The van der Waals surface area contributed by atoms with E-state index in [4.69, 9.17) is 4.74 Å². The fraction of sp³-hybridized carbons (Fsp3) is 0.0500. The zero-order valence-electron chi connectivity index (χ0n) is 16.1. The highest BCUT2D eigenvalue weighted by Gasteiger charge is 2.21. The van der Waals surface area contributed by atoms with Crippen molar-refractivity contribution in [2.75, 3.05) is 17.1 Å². The number of hydrogen-bond donors (Lipinski definition) is 3. The Morgan fingerprint density at radius 2 is 1.61 bits per heavy atom. The van der Waals surface area contributed by atoms with Crippen LogP contribution in [0.25, 0.3) is 0 Å². The van der Waals surface area contributed by atoms with E-state index in [1.807, 2.05) is 0 Å². The van der Waals surface area contributed by atoms with Crippen molar-refractivity contribution in [3.63, 3.8) is 0 Å². The van der Waals surface area contributed by atoms with Crippen molar-refractivity contribution in [2.45, 2.75) is 4.90 Å². The molecule has 11 heteroatoms. The second-order valence-electron chi connectivity index (χ2n) is 6.27. The maximum absolute atomic E-state index is 12.5. The highest BCUT2D eigenvalue weighted by Crippen LogP contribution is 2.29. The minimum atomic E-state index is -4.15. The van der Waals surface area contributed by atoms with Crippen LogP contribution in [-0.2, 0) is 10.0 Å². The van der Waals surface area contributed by atoms with E-state index in [0.29, 0.717) is 17.0 Å². The van der Waals surface area contributed by atoms with Crippen LogP contribution in [0.4, 0.5) is 17.1 Å². The summed E-state index contributed by atoms with van der Waals surface area (Å²) in [5.41, 5.74) is 0.272. The molecule has 160 valence electrons. The first-order valence-electron chi connectivity index (χ1n) is 8.75. The summed E-state index contributed by atoms with van der Waals surface area (Å²) in [6.07, 6.45) is 0. The number of carbonyl (C=O) groups excluding carboxylic acids is 1. The summed E-state index contributed by atoms with van der Waals surface area (Å²) in [5, 5.41) is 23.1. The van der Waals surface area contributed by atoms with Crippen LogP contribution in [0.2, 0.25) is 0 Å². The summed E-state index contributed by atoms with van der Waals surface area (Å²) in [5.74, 6) is -0.390. The number of nitrogens with zero attached hydrogens (tertiary/aromatic N) is 1. The molecule has 3 aromatic carbocycles. The number of phenolic OH excluding ortho intramolecular Hbond substituents is 1. The summed E-state index contributed by atoms with van der Waals surface area (Å²) in [7, 11) is -2.62. The molecular formula is C20H17N3O7S. The predicted molar refractivity (Wildman–Crippen MR) is 113 cm³/mol. The van der Waals surface area contributed by atoms with E-state index in [2.05, 4.69) is 10.0 Å². The average molecular weight is 443 g/mol. The average Bonchev–Trinajstić information content (AvgIpc) is 2.74. The van der Waals surface area contributed by atoms with Gasteiger partial charge in [-0.1, -0.05) is 0 Å². The number of methoxy groups -OCH3 is 1. The number of anilines is 2. The van der Waals surface area contributed by atoms with Crippen LogP contribution >= 0.6 is 0 Å². The van der Waals surface area contributed by atoms with E-state index in [9.17, 15) is 28.4 Å². The molecule has 0 aromatic heterocycles. The zero-order chi connectivity index (χ0) is 22.6. The lowest BCUT2D eigenvalue weighted by atomic mass is 10.2. The van der Waals surface area contributed by atoms with Crippen LogP contribution in [0.3, 0.4) is 0 Å². The molecule has 0 spiro atoms. The molecule has 10 nitrogen and oxygen atoms in total. The molecule has 3 N–H and O–H groups in total. The van der Waals surface area contributed by atoms with Gasteiger partial charge in [0.15, 0.2) is 5.75 Å². The number of rotatable bonds is 7. The fourth-order valence-corrected chi connectivity index (χ4v) is 3.68. The minimum absolute atomic E-state index is 0.150. The van der Waals surface area contributed by atoms with Crippen LogP contribution in [0, 0.1) is 10.1 Å². The lowest BCUT2D eigenvalue weighted by Crippen LogP contribution is -2.14. The topological polar surface area (TPSA) is 148 Å². The van der Waals surface area contributed by atoms with Crippen LogP contribution in [-0.4, -0.2) is 31.5 Å². The number of nitrogens with one attached hydrogen (secondary N) is 2. The Hall–Kier alpha value is -4.12. The molecule has 0 aliphatic heterocycles. The summed E-state index contributed by atoms with van der Waals surface area (Å²) in [6, 6.07) is 15.1. The molecule has 0 unspecified atom stereocenters. The van der Waals surface area contributed by atoms with Crippen molar-refractivity contribution in [1.82, 2.24) is 0 Å². The van der Waals surface area contributed by atoms with Crippen LogP contribution in [0.1, 0.15) is 10.4 Å². The number of nitro groups is 1. The summed E-state index contributed by atoms with van der Waals surface area (Å²) >= 11 is 0. The van der Waals surface area contributed by atoms with Gasteiger partial charge < -0.3 is 15.2 Å². The van der Waals surface area contributed by atoms with Crippen molar-refractivity contribution in [2.24, 2.45) is 0 Å². The summed E-state index contributed by atoms with van der Waals surface area (Å²) < 4.78 is 32.3. The van der Waals surface area contributed by atoms with Gasteiger partial charge in [0.25, 0.3) is 15.9 Å². The lowest BCUT2D eigenvalue weighted by molar-refractivity contribution is -0.386. The Balaban J connectivity index is 1.73. The Morgan fingerprint density at radius 3 is 2.19 bits per heavy atom. The molecule has 0 aliphatic rings. The molecule has 0 fully saturated rings. The monoisotopic (exact) mass is 443 g/mol. The quantitative estimate of drug-likeness (QED) is 0.374. The van der Waals surface area contributed by atoms with Gasteiger partial charge >= 0.3 is 5.69 Å². The first-order chi connectivity index (χ1) is 14.7. The molecule has 0 atom stereocenters. The van der Waals surface area contributed by atoms with E-state index < -0.39 is 37.2 Å². The maximum Gasteiger partial charge on any atom is 0.312 e. The van der Waals surface area contributed by atoms with Crippen molar-refractivity contribution in [1.29, 1.82) is 0 Å². The van der Waals surface area contributed by atoms with Gasteiger partial charge in [0.1, 0.15) is 5.75 Å². The van der Waals surface area contributed by atoms with Gasteiger partial charge in [-0.3, -0.25) is 19.6 Å². The highest BCUT2D eigenvalue weighted by molar-refractivity contribution is 7.92. The smallest absolute Gasteiger partial charge is 0.312 e. The number of phenols is 1. The Morgan fingerprint density at radius 1 is 1.00 bits per heavy atom. The minimum Gasteiger partial charge on any atom is -0.502 e. The number of carbonyl (C=O) groups is 1. The van der Waals surface area contributed by atoms with Crippen molar-refractivity contribution in [3.05, 3.63) is 82.4 Å². The molecule has 0 heterocycles. The number of ether oxygens (including phenoxy) is 1. The third-order valence-electron chi connectivity index (χ3n) is 4.20. The van der Waals surface area contributed by atoms with Crippen LogP contribution < -0.4 is 14.8 Å². The second-order valence-corrected chi connectivity index (χ2v) is 7.96. The first kappa shape index (κ1) is 21.6. The third kappa shape index (κ3) is 5.08. The number of hydrogen-bond acceptors (Lipinski definition) is 7. The van der Waals surface area contributed by atoms with Crippen LogP contribution in [0.5, 0.6) is 11.5 Å². The Labute approximate surface area is 177 Å². The molecule has 1 amide bonds. The van der Waals surface area contributed by atoms with Gasteiger partial charge in [-0.15, -0.1) is 0 Å². The predicted octanol–water partition coefficient (Wildman–Crippen LogP) is 3.36. The number of amides is 1. The highest BCUT2D eigenvalue weighted by atomic mass is 32.2. The molecule has 0 aliphatic carbocycles. The molecule has 3 aromatic rings. The molecule has 0 bridgehead atoms. The van der Waals surface area contributed by atoms with E-state index in [-0.39, 0.29) is 5.69 Å². The lowest BCUT2D eigenvalue weighted by Gasteiger charge is -2.10. The van der Waals surface area contributed by atoms with Gasteiger partial charge in [0.05, 0.1) is 16.9 Å². The maximum atomic E-state index is 12.5. The number of benzene rings is 3.